The molecule has 4 aromatic rings. The smallest absolute Gasteiger partial charge is 0.263 e. The predicted octanol–water partition coefficient (Wildman–Crippen LogP) is 5.80. The molecule has 3 aromatic heterocycles. The summed E-state index contributed by atoms with van der Waals surface area (Å²) in [7, 11) is 0. The Bertz CT molecular complexity index is 1360. The topological polar surface area (TPSA) is 65.1 Å². The van der Waals surface area contributed by atoms with Gasteiger partial charge >= 0.3 is 0 Å². The molecule has 0 amide bonds. The molecule has 0 atom stereocenters. The minimum atomic E-state index is -0.156. The average molecular weight is 451 g/mol. The third-order valence-corrected chi connectivity index (χ3v) is 6.99. The van der Waals surface area contributed by atoms with Gasteiger partial charge in [-0.2, -0.15) is 0 Å². The minimum Gasteiger partial charge on any atom is -0.461 e. The third-order valence-electron chi connectivity index (χ3n) is 5.14. The number of nitrogens with zero attached hydrogens (tertiary/aromatic N) is 2. The lowest BCUT2D eigenvalue weighted by Crippen LogP contribution is -2.23. The molecule has 0 aliphatic rings. The van der Waals surface area contributed by atoms with Crippen LogP contribution in [0, 0.1) is 20.8 Å². The molecule has 3 heterocycles. The molecule has 0 saturated heterocycles. The Labute approximate surface area is 188 Å². The van der Waals surface area contributed by atoms with E-state index >= 15 is 0 Å². The van der Waals surface area contributed by atoms with Crippen molar-refractivity contribution in [1.29, 1.82) is 0 Å². The first-order valence-electron chi connectivity index (χ1n) is 9.82. The van der Waals surface area contributed by atoms with E-state index in [4.69, 9.17) is 9.40 Å². The molecule has 0 aliphatic carbocycles. The van der Waals surface area contributed by atoms with Gasteiger partial charge in [0.2, 0.25) is 0 Å². The summed E-state index contributed by atoms with van der Waals surface area (Å²) in [5, 5.41) is 2.94. The lowest BCUT2D eigenvalue weighted by atomic mass is 10.0. The quantitative estimate of drug-likeness (QED) is 0.154. The number of aromatic nitrogens is 2. The Kier molecular flexibility index (Phi) is 5.98. The first kappa shape index (κ1) is 21.3. The zero-order valence-electron chi connectivity index (χ0n) is 17.6. The van der Waals surface area contributed by atoms with Crippen LogP contribution in [-0.4, -0.2) is 21.1 Å². The van der Waals surface area contributed by atoms with E-state index in [1.165, 1.54) is 23.1 Å². The molecule has 1 aromatic carbocycles. The molecule has 0 bridgehead atoms. The molecule has 4 rings (SSSR count). The molecular formula is C24H22N2O3S2. The number of hydrogen-bond donors (Lipinski definition) is 0. The summed E-state index contributed by atoms with van der Waals surface area (Å²) in [6.45, 7) is 9.96. The van der Waals surface area contributed by atoms with Crippen molar-refractivity contribution in [3.05, 3.63) is 81.2 Å². The summed E-state index contributed by atoms with van der Waals surface area (Å²) in [4.78, 5) is 31.4. The van der Waals surface area contributed by atoms with Crippen molar-refractivity contribution in [3.63, 3.8) is 0 Å². The number of benzene rings is 1. The van der Waals surface area contributed by atoms with Crippen molar-refractivity contribution in [2.45, 2.75) is 32.5 Å². The highest BCUT2D eigenvalue weighted by atomic mass is 32.2. The van der Waals surface area contributed by atoms with Gasteiger partial charge in [0.05, 0.1) is 11.1 Å². The summed E-state index contributed by atoms with van der Waals surface area (Å²) in [5.74, 6) is 1.64. The van der Waals surface area contributed by atoms with Gasteiger partial charge in [-0.15, -0.1) is 17.9 Å². The number of hydrogen-bond acceptors (Lipinski definition) is 6. The van der Waals surface area contributed by atoms with Crippen molar-refractivity contribution in [2.75, 3.05) is 5.75 Å². The minimum absolute atomic E-state index is 0.00512. The second kappa shape index (κ2) is 8.69. The van der Waals surface area contributed by atoms with E-state index < -0.39 is 0 Å². The van der Waals surface area contributed by atoms with E-state index in [2.05, 4.69) is 6.58 Å². The van der Waals surface area contributed by atoms with E-state index in [-0.39, 0.29) is 17.1 Å². The largest absolute Gasteiger partial charge is 0.461 e. The number of carbonyl (C=O) groups is 1. The number of ketones is 1. The number of rotatable bonds is 7. The molecule has 5 nitrogen and oxygen atoms in total. The van der Waals surface area contributed by atoms with Crippen molar-refractivity contribution >= 4 is 39.1 Å². The number of furan rings is 1. The van der Waals surface area contributed by atoms with Crippen molar-refractivity contribution in [3.8, 4) is 11.3 Å². The maximum atomic E-state index is 13.3. The zero-order valence-corrected chi connectivity index (χ0v) is 19.2. The number of thioether (sulfide) groups is 1. The Hall–Kier alpha value is -2.90. The van der Waals surface area contributed by atoms with Crippen molar-refractivity contribution in [1.82, 2.24) is 9.55 Å². The Morgan fingerprint density at radius 3 is 2.71 bits per heavy atom. The SMILES string of the molecule is C=CCn1c(SCC(=O)c2ccc(C)c(C)c2)nc2scc(-c3ccc(C)o3)c2c1=O. The monoisotopic (exact) mass is 450 g/mol. The van der Waals surface area contributed by atoms with E-state index in [0.29, 0.717) is 33.2 Å². The zero-order chi connectivity index (χ0) is 22.1. The Morgan fingerprint density at radius 2 is 2.03 bits per heavy atom. The normalized spacial score (nSPS) is 11.2. The maximum absolute atomic E-state index is 13.3. The second-order valence-electron chi connectivity index (χ2n) is 7.35. The van der Waals surface area contributed by atoms with Crippen LogP contribution in [0.3, 0.4) is 0 Å². The van der Waals surface area contributed by atoms with Crippen molar-refractivity contribution in [2.24, 2.45) is 0 Å². The number of thiophene rings is 1. The maximum Gasteiger partial charge on any atom is 0.263 e. The van der Waals surface area contributed by atoms with E-state index in [9.17, 15) is 9.59 Å². The lowest BCUT2D eigenvalue weighted by molar-refractivity contribution is 0.102. The highest BCUT2D eigenvalue weighted by Crippen LogP contribution is 2.33. The number of Topliss-reactive ketones (excluding diaryl/α,β-unsaturated/α-hetero) is 1. The van der Waals surface area contributed by atoms with Crippen LogP contribution in [0.25, 0.3) is 21.5 Å². The summed E-state index contributed by atoms with van der Waals surface area (Å²) >= 11 is 2.67. The van der Waals surface area contributed by atoms with Gasteiger partial charge in [0, 0.05) is 23.1 Å². The summed E-state index contributed by atoms with van der Waals surface area (Å²) < 4.78 is 7.30. The molecule has 0 spiro atoms. The van der Waals surface area contributed by atoms with Gasteiger partial charge < -0.3 is 4.42 Å². The Balaban J connectivity index is 1.69. The standard InChI is InChI=1S/C24H22N2O3S2/c1-5-10-26-23(28)21-18(20-9-7-16(4)29-20)12-30-22(21)25-24(26)31-13-19(27)17-8-6-14(2)15(3)11-17/h5-9,11-12H,1,10,13H2,2-4H3. The molecular weight excluding hydrogens is 428 g/mol. The molecule has 31 heavy (non-hydrogen) atoms. The summed E-state index contributed by atoms with van der Waals surface area (Å²) in [6.07, 6.45) is 1.66. The van der Waals surface area contributed by atoms with Gasteiger partial charge in [-0.05, 0) is 50.1 Å². The molecule has 0 aliphatic heterocycles. The molecule has 0 fully saturated rings. The fourth-order valence-electron chi connectivity index (χ4n) is 3.29. The van der Waals surface area contributed by atoms with E-state index in [1.54, 1.807) is 10.6 Å². The molecule has 0 saturated carbocycles. The molecule has 0 unspecified atom stereocenters. The summed E-state index contributed by atoms with van der Waals surface area (Å²) in [6, 6.07) is 9.43. The number of carbonyl (C=O) groups excluding carboxylic acids is 1. The van der Waals surface area contributed by atoms with Crippen LogP contribution in [0.2, 0.25) is 0 Å². The first-order valence-corrected chi connectivity index (χ1v) is 11.7. The number of aryl methyl sites for hydroxylation is 3. The van der Waals surface area contributed by atoms with Gasteiger partial charge in [-0.1, -0.05) is 30.0 Å². The van der Waals surface area contributed by atoms with Crippen LogP contribution >= 0.6 is 23.1 Å². The molecule has 158 valence electrons. The predicted molar refractivity (Wildman–Crippen MR) is 127 cm³/mol. The third kappa shape index (κ3) is 4.16. The van der Waals surface area contributed by atoms with Crippen LogP contribution in [0.5, 0.6) is 0 Å². The van der Waals surface area contributed by atoms with Crippen LogP contribution in [0.15, 0.2) is 62.7 Å². The van der Waals surface area contributed by atoms with Crippen LogP contribution in [0.1, 0.15) is 27.2 Å². The number of fused-ring (bicyclic) bond motifs is 1. The fourth-order valence-corrected chi connectivity index (χ4v) is 5.17. The fraction of sp³-hybridized carbons (Fsp3) is 0.208. The second-order valence-corrected chi connectivity index (χ2v) is 9.15. The van der Waals surface area contributed by atoms with Gasteiger partial charge in [0.25, 0.3) is 5.56 Å². The summed E-state index contributed by atoms with van der Waals surface area (Å²) in [5.41, 5.74) is 3.48. The highest BCUT2D eigenvalue weighted by molar-refractivity contribution is 7.99. The van der Waals surface area contributed by atoms with Gasteiger partial charge in [-0.25, -0.2) is 4.98 Å². The van der Waals surface area contributed by atoms with Gasteiger partial charge in [0.15, 0.2) is 10.9 Å². The molecule has 7 heteroatoms. The molecule has 0 N–H and O–H groups in total. The van der Waals surface area contributed by atoms with E-state index in [0.717, 1.165) is 22.5 Å². The van der Waals surface area contributed by atoms with E-state index in [1.807, 2.05) is 56.5 Å². The average Bonchev–Trinajstić information content (AvgIpc) is 3.36. The van der Waals surface area contributed by atoms with Gasteiger partial charge in [-0.3, -0.25) is 14.2 Å². The van der Waals surface area contributed by atoms with Crippen molar-refractivity contribution < 1.29 is 9.21 Å². The number of allylic oxidation sites excluding steroid dienone is 1. The molecule has 0 radical (unpaired) electrons. The van der Waals surface area contributed by atoms with Crippen LogP contribution in [-0.2, 0) is 6.54 Å². The first-order chi connectivity index (χ1) is 14.9. The van der Waals surface area contributed by atoms with Crippen LogP contribution in [0.4, 0.5) is 0 Å². The highest BCUT2D eigenvalue weighted by Gasteiger charge is 2.19. The lowest BCUT2D eigenvalue weighted by Gasteiger charge is -2.10. The van der Waals surface area contributed by atoms with Gasteiger partial charge in [0.1, 0.15) is 16.4 Å². The Morgan fingerprint density at radius 1 is 1.23 bits per heavy atom. The van der Waals surface area contributed by atoms with Crippen LogP contribution < -0.4 is 5.56 Å².